The number of rotatable bonds is 6. The van der Waals surface area contributed by atoms with Gasteiger partial charge in [-0.1, -0.05) is 18.2 Å². The van der Waals surface area contributed by atoms with E-state index in [-0.39, 0.29) is 5.91 Å². The van der Waals surface area contributed by atoms with E-state index in [9.17, 15) is 4.79 Å². The fraction of sp³-hybridized carbons (Fsp3) is 0.250. The number of methoxy groups -OCH3 is 2. The Hall–Kier alpha value is -3.19. The standard InChI is InChI=1S/C20H19N3O4/c1-25-7-8-27-17-10-15-13(9-16(17)26-2)19(22-11-21-15)18-12-5-3-4-6-14(12)23-20(18)24/h3-6,9-11,18H,7-8H2,1-2H3,(H,23,24). The number of para-hydroxylation sites is 1. The summed E-state index contributed by atoms with van der Waals surface area (Å²) < 4.78 is 16.2. The number of carbonyl (C=O) groups excluding carboxylic acids is 1. The van der Waals surface area contributed by atoms with Gasteiger partial charge in [-0.25, -0.2) is 9.97 Å². The minimum Gasteiger partial charge on any atom is -0.493 e. The largest absolute Gasteiger partial charge is 0.493 e. The molecule has 1 aliphatic rings. The fourth-order valence-corrected chi connectivity index (χ4v) is 3.30. The van der Waals surface area contributed by atoms with Crippen LogP contribution in [0, 0.1) is 0 Å². The number of carbonyl (C=O) groups is 1. The van der Waals surface area contributed by atoms with Gasteiger partial charge in [0.1, 0.15) is 18.9 Å². The van der Waals surface area contributed by atoms with Gasteiger partial charge in [-0.05, 0) is 17.7 Å². The van der Waals surface area contributed by atoms with Crippen molar-refractivity contribution in [3.05, 3.63) is 54.0 Å². The van der Waals surface area contributed by atoms with Crippen LogP contribution in [0.15, 0.2) is 42.7 Å². The molecule has 1 atom stereocenters. The number of hydrogen-bond acceptors (Lipinski definition) is 6. The molecule has 0 bridgehead atoms. The summed E-state index contributed by atoms with van der Waals surface area (Å²) >= 11 is 0. The van der Waals surface area contributed by atoms with Crippen molar-refractivity contribution < 1.29 is 19.0 Å². The molecule has 27 heavy (non-hydrogen) atoms. The van der Waals surface area contributed by atoms with E-state index in [1.54, 1.807) is 20.3 Å². The first kappa shape index (κ1) is 17.2. The lowest BCUT2D eigenvalue weighted by molar-refractivity contribution is -0.116. The van der Waals surface area contributed by atoms with Crippen LogP contribution in [0.5, 0.6) is 11.5 Å². The Morgan fingerprint density at radius 3 is 2.74 bits per heavy atom. The van der Waals surface area contributed by atoms with Crippen LogP contribution in [-0.2, 0) is 9.53 Å². The van der Waals surface area contributed by atoms with E-state index in [1.165, 1.54) is 6.33 Å². The minimum absolute atomic E-state index is 0.101. The molecular formula is C20H19N3O4. The number of ether oxygens (including phenoxy) is 3. The van der Waals surface area contributed by atoms with Gasteiger partial charge in [-0.15, -0.1) is 0 Å². The molecule has 0 fully saturated rings. The summed E-state index contributed by atoms with van der Waals surface area (Å²) in [5.74, 6) is 0.538. The Kier molecular flexibility index (Phi) is 4.60. The topological polar surface area (TPSA) is 82.6 Å². The van der Waals surface area contributed by atoms with E-state index in [0.717, 1.165) is 16.6 Å². The van der Waals surface area contributed by atoms with Crippen LogP contribution in [-0.4, -0.2) is 43.3 Å². The summed E-state index contributed by atoms with van der Waals surface area (Å²) in [6.45, 7) is 0.865. The van der Waals surface area contributed by atoms with E-state index in [1.807, 2.05) is 30.3 Å². The third-order valence-corrected chi connectivity index (χ3v) is 4.56. The first-order valence-electron chi connectivity index (χ1n) is 8.57. The highest BCUT2D eigenvalue weighted by atomic mass is 16.5. The molecule has 1 aromatic heterocycles. The van der Waals surface area contributed by atoms with Crippen LogP contribution in [0.2, 0.25) is 0 Å². The van der Waals surface area contributed by atoms with E-state index in [4.69, 9.17) is 14.2 Å². The molecule has 138 valence electrons. The molecule has 1 amide bonds. The van der Waals surface area contributed by atoms with E-state index >= 15 is 0 Å². The maximum Gasteiger partial charge on any atom is 0.238 e. The molecule has 7 nitrogen and oxygen atoms in total. The Balaban J connectivity index is 1.82. The molecule has 3 aromatic rings. The lowest BCUT2D eigenvalue weighted by Gasteiger charge is -2.15. The summed E-state index contributed by atoms with van der Waals surface area (Å²) in [5.41, 5.74) is 3.04. The van der Waals surface area contributed by atoms with Gasteiger partial charge in [0.25, 0.3) is 0 Å². The molecule has 0 aliphatic carbocycles. The number of benzene rings is 2. The van der Waals surface area contributed by atoms with Crippen molar-refractivity contribution >= 4 is 22.5 Å². The number of anilines is 1. The number of fused-ring (bicyclic) bond motifs is 2. The normalized spacial score (nSPS) is 15.5. The lowest BCUT2D eigenvalue weighted by Crippen LogP contribution is -2.15. The van der Waals surface area contributed by atoms with Gasteiger partial charge in [-0.2, -0.15) is 0 Å². The molecule has 0 saturated heterocycles. The maximum absolute atomic E-state index is 12.6. The monoisotopic (exact) mass is 365 g/mol. The molecular weight excluding hydrogens is 346 g/mol. The van der Waals surface area contributed by atoms with Crippen molar-refractivity contribution in [3.63, 3.8) is 0 Å². The fourth-order valence-electron chi connectivity index (χ4n) is 3.30. The highest BCUT2D eigenvalue weighted by Crippen LogP contribution is 2.40. The smallest absolute Gasteiger partial charge is 0.238 e. The second-order valence-electron chi connectivity index (χ2n) is 6.13. The molecule has 0 spiro atoms. The van der Waals surface area contributed by atoms with Crippen LogP contribution < -0.4 is 14.8 Å². The zero-order chi connectivity index (χ0) is 18.8. The highest BCUT2D eigenvalue weighted by molar-refractivity contribution is 6.06. The molecule has 1 aliphatic heterocycles. The predicted octanol–water partition coefficient (Wildman–Crippen LogP) is 2.75. The number of nitrogens with zero attached hydrogens (tertiary/aromatic N) is 2. The quantitative estimate of drug-likeness (QED) is 0.677. The molecule has 0 radical (unpaired) electrons. The second-order valence-corrected chi connectivity index (χ2v) is 6.13. The molecule has 4 rings (SSSR count). The zero-order valence-corrected chi connectivity index (χ0v) is 15.1. The third-order valence-electron chi connectivity index (χ3n) is 4.56. The Morgan fingerprint density at radius 2 is 1.93 bits per heavy atom. The minimum atomic E-state index is -0.489. The van der Waals surface area contributed by atoms with Crippen molar-refractivity contribution in [3.8, 4) is 11.5 Å². The molecule has 2 aromatic carbocycles. The van der Waals surface area contributed by atoms with Crippen molar-refractivity contribution in [2.75, 3.05) is 32.8 Å². The highest BCUT2D eigenvalue weighted by Gasteiger charge is 2.34. The SMILES string of the molecule is COCCOc1cc2ncnc(C3C(=O)Nc4ccccc43)c2cc1OC. The van der Waals surface area contributed by atoms with Crippen molar-refractivity contribution in [2.45, 2.75) is 5.92 Å². The van der Waals surface area contributed by atoms with Gasteiger partial charge < -0.3 is 19.5 Å². The van der Waals surface area contributed by atoms with Crippen LogP contribution in [0.25, 0.3) is 10.9 Å². The lowest BCUT2D eigenvalue weighted by atomic mass is 9.94. The average molecular weight is 365 g/mol. The van der Waals surface area contributed by atoms with Gasteiger partial charge in [0.05, 0.1) is 24.9 Å². The molecule has 7 heteroatoms. The van der Waals surface area contributed by atoms with Crippen molar-refractivity contribution in [2.24, 2.45) is 0 Å². The van der Waals surface area contributed by atoms with Crippen molar-refractivity contribution in [1.82, 2.24) is 9.97 Å². The summed E-state index contributed by atoms with van der Waals surface area (Å²) in [7, 11) is 3.19. The number of hydrogen-bond donors (Lipinski definition) is 1. The first-order chi connectivity index (χ1) is 13.2. The van der Waals surface area contributed by atoms with E-state index in [2.05, 4.69) is 15.3 Å². The Bertz CT molecular complexity index is 1010. The van der Waals surface area contributed by atoms with Crippen LogP contribution in [0.3, 0.4) is 0 Å². The molecule has 1 N–H and O–H groups in total. The molecule has 1 unspecified atom stereocenters. The summed E-state index contributed by atoms with van der Waals surface area (Å²) in [5, 5.41) is 3.67. The van der Waals surface area contributed by atoms with Gasteiger partial charge in [0.15, 0.2) is 11.5 Å². The van der Waals surface area contributed by atoms with E-state index in [0.29, 0.717) is 35.9 Å². The number of aromatic nitrogens is 2. The van der Waals surface area contributed by atoms with Crippen molar-refractivity contribution in [1.29, 1.82) is 0 Å². The van der Waals surface area contributed by atoms with Crippen LogP contribution in [0.1, 0.15) is 17.2 Å². The van der Waals surface area contributed by atoms with Crippen LogP contribution >= 0.6 is 0 Å². The van der Waals surface area contributed by atoms with Gasteiger partial charge in [-0.3, -0.25) is 4.79 Å². The summed E-state index contributed by atoms with van der Waals surface area (Å²) in [4.78, 5) is 21.4. The van der Waals surface area contributed by atoms with Crippen LogP contribution in [0.4, 0.5) is 5.69 Å². The summed E-state index contributed by atoms with van der Waals surface area (Å²) in [6.07, 6.45) is 1.47. The second kappa shape index (κ2) is 7.20. The summed E-state index contributed by atoms with van der Waals surface area (Å²) in [6, 6.07) is 11.3. The molecule has 0 saturated carbocycles. The molecule has 2 heterocycles. The number of amides is 1. The zero-order valence-electron chi connectivity index (χ0n) is 15.1. The Labute approximate surface area is 156 Å². The number of nitrogens with one attached hydrogen (secondary N) is 1. The third kappa shape index (κ3) is 3.06. The first-order valence-corrected chi connectivity index (χ1v) is 8.57. The maximum atomic E-state index is 12.6. The van der Waals surface area contributed by atoms with E-state index < -0.39 is 5.92 Å². The van der Waals surface area contributed by atoms with Gasteiger partial charge in [0.2, 0.25) is 5.91 Å². The average Bonchev–Trinajstić information content (AvgIpc) is 3.02. The predicted molar refractivity (Wildman–Crippen MR) is 100 cm³/mol. The van der Waals surface area contributed by atoms with Gasteiger partial charge in [0, 0.05) is 24.2 Å². The Morgan fingerprint density at radius 1 is 1.07 bits per heavy atom. The van der Waals surface area contributed by atoms with Gasteiger partial charge >= 0.3 is 0 Å².